The van der Waals surface area contributed by atoms with Gasteiger partial charge in [0.1, 0.15) is 23.0 Å². The van der Waals surface area contributed by atoms with Crippen molar-refractivity contribution in [1.82, 2.24) is 14.8 Å². The van der Waals surface area contributed by atoms with E-state index in [1.165, 1.54) is 4.68 Å². The third-order valence-corrected chi connectivity index (χ3v) is 4.90. The number of nitrogens with zero attached hydrogens (tertiary/aromatic N) is 3. The highest BCUT2D eigenvalue weighted by Gasteiger charge is 2.35. The van der Waals surface area contributed by atoms with E-state index in [0.29, 0.717) is 28.2 Å². The Labute approximate surface area is 157 Å². The normalized spacial score (nSPS) is 16.2. The highest BCUT2D eigenvalue weighted by atomic mass is 19.1. The number of halogens is 2. The van der Waals surface area contributed by atoms with Gasteiger partial charge < -0.3 is 9.73 Å². The van der Waals surface area contributed by atoms with Crippen molar-refractivity contribution in [3.8, 4) is 6.01 Å². The van der Waals surface area contributed by atoms with Gasteiger partial charge in [-0.05, 0) is 42.8 Å². The van der Waals surface area contributed by atoms with Gasteiger partial charge in [0.15, 0.2) is 5.58 Å². The van der Waals surface area contributed by atoms with Crippen molar-refractivity contribution in [2.45, 2.75) is 19.3 Å². The Kier molecular flexibility index (Phi) is 3.55. The molecule has 4 aromatic rings. The van der Waals surface area contributed by atoms with Crippen molar-refractivity contribution in [2.75, 3.05) is 5.32 Å². The molecule has 8 heteroatoms. The molecule has 1 atom stereocenters. The van der Waals surface area contributed by atoms with E-state index < -0.39 is 17.6 Å². The molecule has 1 aliphatic rings. The molecule has 1 N–H and O–H groups in total. The quantitative estimate of drug-likeness (QED) is 0.569. The fraction of sp³-hybridized carbons (Fsp3) is 0.150. The smallest absolute Gasteiger partial charge is 0.325 e. The number of benzene rings is 2. The molecular formula is C20H14F2N4O2. The van der Waals surface area contributed by atoms with Crippen molar-refractivity contribution in [1.29, 1.82) is 0 Å². The van der Waals surface area contributed by atoms with Crippen LogP contribution in [0.4, 0.5) is 14.6 Å². The average molecular weight is 380 g/mol. The van der Waals surface area contributed by atoms with Crippen LogP contribution in [0.3, 0.4) is 0 Å². The zero-order valence-electron chi connectivity index (χ0n) is 14.7. The molecule has 0 bridgehead atoms. The Balaban J connectivity index is 1.70. The summed E-state index contributed by atoms with van der Waals surface area (Å²) in [5, 5.41) is 7.22. The van der Waals surface area contributed by atoms with Gasteiger partial charge in [0.05, 0.1) is 5.69 Å². The van der Waals surface area contributed by atoms with Gasteiger partial charge in [-0.3, -0.25) is 4.79 Å². The standard InChI is InChI=1S/C20H14F2N4O2/c1-10-18-13(12-8-11(21)6-7-14(12)22)9-17(27)24-19(18)26(25-10)20-23-15-4-2-3-5-16(15)28-20/h2-8,13H,9H2,1H3,(H,24,27)/t13-/m1/s1. The summed E-state index contributed by atoms with van der Waals surface area (Å²) in [4.78, 5) is 16.8. The topological polar surface area (TPSA) is 73.0 Å². The number of amides is 1. The molecule has 0 spiro atoms. The van der Waals surface area contributed by atoms with Crippen molar-refractivity contribution >= 4 is 22.8 Å². The predicted octanol–water partition coefficient (Wildman–Crippen LogP) is 4.07. The minimum atomic E-state index is -0.655. The second-order valence-electron chi connectivity index (χ2n) is 6.69. The van der Waals surface area contributed by atoms with Gasteiger partial charge in [-0.2, -0.15) is 14.8 Å². The monoisotopic (exact) mass is 380 g/mol. The lowest BCUT2D eigenvalue weighted by Gasteiger charge is -2.24. The summed E-state index contributed by atoms with van der Waals surface area (Å²) in [6, 6.07) is 10.7. The summed E-state index contributed by atoms with van der Waals surface area (Å²) >= 11 is 0. The lowest BCUT2D eigenvalue weighted by Crippen LogP contribution is -2.25. The fourth-order valence-electron chi connectivity index (χ4n) is 3.68. The number of hydrogen-bond acceptors (Lipinski definition) is 4. The zero-order chi connectivity index (χ0) is 19.4. The van der Waals surface area contributed by atoms with Gasteiger partial charge in [-0.15, -0.1) is 0 Å². The Hall–Kier alpha value is -3.55. The first-order valence-electron chi connectivity index (χ1n) is 8.71. The van der Waals surface area contributed by atoms with E-state index in [4.69, 9.17) is 4.42 Å². The van der Waals surface area contributed by atoms with E-state index in [0.717, 1.165) is 18.2 Å². The van der Waals surface area contributed by atoms with E-state index in [-0.39, 0.29) is 23.9 Å². The van der Waals surface area contributed by atoms with Gasteiger partial charge in [-0.25, -0.2) is 8.78 Å². The summed E-state index contributed by atoms with van der Waals surface area (Å²) in [5.41, 5.74) is 2.54. The molecule has 1 amide bonds. The number of aryl methyl sites for hydroxylation is 1. The molecule has 6 nitrogen and oxygen atoms in total. The molecule has 0 saturated heterocycles. The maximum atomic E-state index is 14.4. The largest absolute Gasteiger partial charge is 0.422 e. The third-order valence-electron chi connectivity index (χ3n) is 4.90. The molecule has 28 heavy (non-hydrogen) atoms. The second kappa shape index (κ2) is 5.98. The molecule has 0 radical (unpaired) electrons. The van der Waals surface area contributed by atoms with E-state index in [2.05, 4.69) is 15.4 Å². The number of aromatic nitrogens is 3. The van der Waals surface area contributed by atoms with Gasteiger partial charge in [-0.1, -0.05) is 12.1 Å². The number of carbonyl (C=O) groups excluding carboxylic acids is 1. The fourth-order valence-corrected chi connectivity index (χ4v) is 3.68. The van der Waals surface area contributed by atoms with Crippen molar-refractivity contribution in [3.05, 3.63) is 70.9 Å². The van der Waals surface area contributed by atoms with E-state index >= 15 is 0 Å². The van der Waals surface area contributed by atoms with Crippen LogP contribution in [-0.4, -0.2) is 20.7 Å². The molecule has 140 valence electrons. The average Bonchev–Trinajstić information content (AvgIpc) is 3.24. The minimum absolute atomic E-state index is 0.00648. The van der Waals surface area contributed by atoms with Gasteiger partial charge >= 0.3 is 6.01 Å². The Morgan fingerprint density at radius 3 is 2.86 bits per heavy atom. The van der Waals surface area contributed by atoms with E-state index in [1.54, 1.807) is 19.1 Å². The van der Waals surface area contributed by atoms with Gasteiger partial charge in [0.25, 0.3) is 0 Å². The zero-order valence-corrected chi connectivity index (χ0v) is 14.7. The number of carbonyl (C=O) groups is 1. The molecule has 2 aromatic carbocycles. The van der Waals surface area contributed by atoms with Crippen molar-refractivity contribution in [2.24, 2.45) is 0 Å². The highest BCUT2D eigenvalue weighted by molar-refractivity contribution is 5.95. The maximum Gasteiger partial charge on any atom is 0.325 e. The van der Waals surface area contributed by atoms with Crippen LogP contribution in [0.2, 0.25) is 0 Å². The predicted molar refractivity (Wildman–Crippen MR) is 97.3 cm³/mol. The number of rotatable bonds is 2. The molecule has 0 fully saturated rings. The molecule has 5 rings (SSSR count). The van der Waals surface area contributed by atoms with E-state index in [1.807, 2.05) is 12.1 Å². The van der Waals surface area contributed by atoms with Crippen LogP contribution in [0.1, 0.15) is 29.2 Å². The Morgan fingerprint density at radius 1 is 1.21 bits per heavy atom. The summed E-state index contributed by atoms with van der Waals surface area (Å²) in [6.45, 7) is 1.75. The SMILES string of the molecule is Cc1nn(-c2nc3ccccc3o2)c2c1[C@@H](c1cc(F)ccc1F)CC(=O)N2. The summed E-state index contributed by atoms with van der Waals surface area (Å²) in [7, 11) is 0. The molecular weight excluding hydrogens is 366 g/mol. The second-order valence-corrected chi connectivity index (χ2v) is 6.69. The minimum Gasteiger partial charge on any atom is -0.422 e. The highest BCUT2D eigenvalue weighted by Crippen LogP contribution is 2.41. The third kappa shape index (κ3) is 2.49. The lowest BCUT2D eigenvalue weighted by atomic mass is 9.85. The van der Waals surface area contributed by atoms with Crippen LogP contribution in [-0.2, 0) is 4.79 Å². The van der Waals surface area contributed by atoms with Gasteiger partial charge in [0.2, 0.25) is 5.91 Å². The van der Waals surface area contributed by atoms with Crippen LogP contribution in [0, 0.1) is 18.6 Å². The van der Waals surface area contributed by atoms with Crippen LogP contribution in [0.5, 0.6) is 0 Å². The first-order valence-corrected chi connectivity index (χ1v) is 8.71. The molecule has 0 unspecified atom stereocenters. The lowest BCUT2D eigenvalue weighted by molar-refractivity contribution is -0.116. The Bertz CT molecular complexity index is 1210. The van der Waals surface area contributed by atoms with Crippen LogP contribution >= 0.6 is 0 Å². The van der Waals surface area contributed by atoms with E-state index in [9.17, 15) is 13.6 Å². The number of fused-ring (bicyclic) bond motifs is 2. The molecule has 2 aromatic heterocycles. The summed E-state index contributed by atoms with van der Waals surface area (Å²) in [5.74, 6) is -1.75. The first-order chi connectivity index (χ1) is 13.5. The number of anilines is 1. The molecule has 0 saturated carbocycles. The number of para-hydroxylation sites is 2. The molecule has 1 aliphatic heterocycles. The van der Waals surface area contributed by atoms with Crippen molar-refractivity contribution in [3.63, 3.8) is 0 Å². The number of nitrogens with one attached hydrogen (secondary N) is 1. The summed E-state index contributed by atoms with van der Waals surface area (Å²) in [6.07, 6.45) is -0.00648. The summed E-state index contributed by atoms with van der Waals surface area (Å²) < 4.78 is 35.3. The van der Waals surface area contributed by atoms with Crippen molar-refractivity contribution < 1.29 is 18.0 Å². The molecule has 0 aliphatic carbocycles. The van der Waals surface area contributed by atoms with Gasteiger partial charge in [0, 0.05) is 17.9 Å². The van der Waals surface area contributed by atoms with Crippen LogP contribution in [0.15, 0.2) is 46.9 Å². The Morgan fingerprint density at radius 2 is 2.04 bits per heavy atom. The van der Waals surface area contributed by atoms with Crippen LogP contribution in [0.25, 0.3) is 17.1 Å². The maximum absolute atomic E-state index is 14.4. The van der Waals surface area contributed by atoms with Crippen LogP contribution < -0.4 is 5.32 Å². The number of hydrogen-bond donors (Lipinski definition) is 1. The molecule has 3 heterocycles. The first kappa shape index (κ1) is 16.6. The number of oxazole rings is 1.